The van der Waals surface area contributed by atoms with Crippen molar-refractivity contribution in [3.63, 3.8) is 0 Å². The number of hydrogen-bond acceptors (Lipinski definition) is 4. The lowest BCUT2D eigenvalue weighted by atomic mass is 10.1. The number of hydrogen-bond donors (Lipinski definition) is 0. The summed E-state index contributed by atoms with van der Waals surface area (Å²) >= 11 is 0. The van der Waals surface area contributed by atoms with Crippen molar-refractivity contribution in [2.75, 3.05) is 19.6 Å². The lowest BCUT2D eigenvalue weighted by molar-refractivity contribution is -0.140. The van der Waals surface area contributed by atoms with Gasteiger partial charge >= 0.3 is 0 Å². The van der Waals surface area contributed by atoms with E-state index >= 15 is 0 Å². The van der Waals surface area contributed by atoms with Gasteiger partial charge in [-0.05, 0) is 19.8 Å². The Morgan fingerprint density at radius 2 is 2.05 bits per heavy atom. The van der Waals surface area contributed by atoms with Crippen LogP contribution in [0.25, 0.3) is 0 Å². The van der Waals surface area contributed by atoms with Crippen LogP contribution in [0.2, 0.25) is 0 Å². The molecule has 2 rings (SSSR count). The van der Waals surface area contributed by atoms with Gasteiger partial charge in [-0.3, -0.25) is 9.59 Å². The van der Waals surface area contributed by atoms with Crippen LogP contribution in [0.1, 0.15) is 42.9 Å². The van der Waals surface area contributed by atoms with Crippen LogP contribution in [0.4, 0.5) is 0 Å². The van der Waals surface area contributed by atoms with E-state index in [9.17, 15) is 9.59 Å². The first kappa shape index (κ1) is 15.5. The summed E-state index contributed by atoms with van der Waals surface area (Å²) in [6.07, 6.45) is 0. The van der Waals surface area contributed by atoms with E-state index in [1.165, 1.54) is 0 Å². The second-order valence-corrected chi connectivity index (χ2v) is 5.99. The van der Waals surface area contributed by atoms with Gasteiger partial charge in [0.25, 0.3) is 5.91 Å². The van der Waals surface area contributed by atoms with Gasteiger partial charge in [-0.1, -0.05) is 13.8 Å². The van der Waals surface area contributed by atoms with Crippen LogP contribution in [-0.2, 0) is 4.79 Å². The molecule has 2 amide bonds. The third-order valence-corrected chi connectivity index (χ3v) is 3.70. The van der Waals surface area contributed by atoms with E-state index in [1.807, 2.05) is 4.90 Å². The first-order chi connectivity index (χ1) is 9.81. The summed E-state index contributed by atoms with van der Waals surface area (Å²) < 4.78 is 5.31. The van der Waals surface area contributed by atoms with Crippen molar-refractivity contribution in [2.45, 2.75) is 40.7 Å². The van der Waals surface area contributed by atoms with Gasteiger partial charge in [0.2, 0.25) is 5.91 Å². The Bertz CT molecular complexity index is 550. The molecule has 6 nitrogen and oxygen atoms in total. The van der Waals surface area contributed by atoms with Gasteiger partial charge in [0.1, 0.15) is 11.8 Å². The summed E-state index contributed by atoms with van der Waals surface area (Å²) in [6, 6.07) is -0.457. The molecule has 0 spiro atoms. The number of piperazine rings is 1. The lowest BCUT2D eigenvalue weighted by Gasteiger charge is -2.39. The zero-order valence-corrected chi connectivity index (χ0v) is 13.3. The second kappa shape index (κ2) is 5.87. The fourth-order valence-electron chi connectivity index (χ4n) is 2.69. The maximum absolute atomic E-state index is 12.6. The van der Waals surface area contributed by atoms with E-state index in [0.717, 1.165) is 6.54 Å². The molecule has 116 valence electrons. The smallest absolute Gasteiger partial charge is 0.276 e. The van der Waals surface area contributed by atoms with Crippen LogP contribution < -0.4 is 0 Å². The van der Waals surface area contributed by atoms with E-state index in [-0.39, 0.29) is 11.8 Å². The van der Waals surface area contributed by atoms with Gasteiger partial charge in [0.05, 0.1) is 0 Å². The summed E-state index contributed by atoms with van der Waals surface area (Å²) in [5.74, 6) is 1.16. The van der Waals surface area contributed by atoms with Crippen molar-refractivity contribution in [1.29, 1.82) is 0 Å². The van der Waals surface area contributed by atoms with Gasteiger partial charge < -0.3 is 14.2 Å². The molecule has 0 saturated carbocycles. The van der Waals surface area contributed by atoms with Crippen molar-refractivity contribution in [3.05, 3.63) is 17.3 Å². The molecule has 1 aliphatic rings. The number of carbonyl (C=O) groups is 2. The Morgan fingerprint density at radius 1 is 1.38 bits per heavy atom. The Hall–Kier alpha value is -1.85. The molecule has 0 bridgehead atoms. The summed E-state index contributed by atoms with van der Waals surface area (Å²) in [5, 5.41) is 0. The maximum atomic E-state index is 12.6. The van der Waals surface area contributed by atoms with Gasteiger partial charge in [-0.25, -0.2) is 4.98 Å². The summed E-state index contributed by atoms with van der Waals surface area (Å²) in [7, 11) is 0. The zero-order valence-electron chi connectivity index (χ0n) is 13.3. The van der Waals surface area contributed by atoms with Gasteiger partial charge in [0.15, 0.2) is 11.6 Å². The summed E-state index contributed by atoms with van der Waals surface area (Å²) in [4.78, 5) is 32.5. The minimum Gasteiger partial charge on any atom is -0.445 e. The molecular weight excluding hydrogens is 270 g/mol. The van der Waals surface area contributed by atoms with E-state index in [1.54, 1.807) is 25.7 Å². The fourth-order valence-corrected chi connectivity index (χ4v) is 2.69. The van der Waals surface area contributed by atoms with E-state index in [2.05, 4.69) is 18.8 Å². The van der Waals surface area contributed by atoms with Crippen LogP contribution in [0.15, 0.2) is 4.42 Å². The van der Waals surface area contributed by atoms with Crippen LogP contribution in [0.5, 0.6) is 0 Å². The van der Waals surface area contributed by atoms with E-state index in [0.29, 0.717) is 36.4 Å². The summed E-state index contributed by atoms with van der Waals surface area (Å²) in [5.41, 5.74) is 0.310. The number of nitrogens with zero attached hydrogens (tertiary/aromatic N) is 3. The third-order valence-electron chi connectivity index (χ3n) is 3.70. The predicted molar refractivity (Wildman–Crippen MR) is 77.9 cm³/mol. The highest BCUT2D eigenvalue weighted by atomic mass is 16.4. The highest BCUT2D eigenvalue weighted by Crippen LogP contribution is 2.18. The Balaban J connectivity index is 2.14. The van der Waals surface area contributed by atoms with Crippen molar-refractivity contribution in [3.8, 4) is 0 Å². The molecule has 1 aliphatic heterocycles. The van der Waals surface area contributed by atoms with Crippen LogP contribution in [0, 0.1) is 19.8 Å². The molecule has 1 aromatic rings. The number of rotatable bonds is 3. The average Bonchev–Trinajstić information content (AvgIpc) is 2.73. The number of aryl methyl sites for hydroxylation is 2. The second-order valence-electron chi connectivity index (χ2n) is 5.99. The molecular formula is C15H23N3O3. The third kappa shape index (κ3) is 3.09. The molecule has 6 heteroatoms. The molecule has 0 N–H and O–H groups in total. The lowest BCUT2D eigenvalue weighted by Crippen LogP contribution is -2.58. The number of carbonyl (C=O) groups excluding carboxylic acids is 2. The molecule has 1 atom stereocenters. The van der Waals surface area contributed by atoms with Crippen molar-refractivity contribution >= 4 is 11.8 Å². The molecule has 1 fully saturated rings. The molecule has 1 aromatic heterocycles. The highest BCUT2D eigenvalue weighted by Gasteiger charge is 2.36. The van der Waals surface area contributed by atoms with Gasteiger partial charge in [-0.2, -0.15) is 0 Å². The van der Waals surface area contributed by atoms with Crippen LogP contribution >= 0.6 is 0 Å². The minimum absolute atomic E-state index is 0.00108. The SMILES string of the molecule is Cc1nc(C(=O)N2CCN(CC(C)C)C(=O)C2C)c(C)o1. The zero-order chi connectivity index (χ0) is 15.7. The van der Waals surface area contributed by atoms with E-state index < -0.39 is 6.04 Å². The molecule has 0 radical (unpaired) electrons. The first-order valence-corrected chi connectivity index (χ1v) is 7.35. The first-order valence-electron chi connectivity index (χ1n) is 7.35. The van der Waals surface area contributed by atoms with Crippen molar-refractivity contribution in [1.82, 2.24) is 14.8 Å². The number of aromatic nitrogens is 1. The average molecular weight is 293 g/mol. The molecule has 1 saturated heterocycles. The minimum atomic E-state index is -0.457. The largest absolute Gasteiger partial charge is 0.445 e. The fraction of sp³-hybridized carbons (Fsp3) is 0.667. The van der Waals surface area contributed by atoms with Crippen molar-refractivity contribution < 1.29 is 14.0 Å². The molecule has 0 aliphatic carbocycles. The number of oxazole rings is 1. The van der Waals surface area contributed by atoms with Crippen LogP contribution in [-0.4, -0.2) is 52.3 Å². The van der Waals surface area contributed by atoms with Crippen LogP contribution in [0.3, 0.4) is 0 Å². The maximum Gasteiger partial charge on any atom is 0.276 e. The van der Waals surface area contributed by atoms with Gasteiger partial charge in [-0.15, -0.1) is 0 Å². The highest BCUT2D eigenvalue weighted by molar-refractivity contribution is 5.97. The van der Waals surface area contributed by atoms with Gasteiger partial charge in [0, 0.05) is 26.6 Å². The molecule has 1 unspecified atom stereocenters. The normalized spacial score (nSPS) is 19.5. The van der Waals surface area contributed by atoms with E-state index in [4.69, 9.17) is 4.42 Å². The molecule has 2 heterocycles. The topological polar surface area (TPSA) is 66.7 Å². The predicted octanol–water partition coefficient (Wildman–Crippen LogP) is 1.62. The quantitative estimate of drug-likeness (QED) is 0.849. The Labute approximate surface area is 125 Å². The molecule has 21 heavy (non-hydrogen) atoms. The van der Waals surface area contributed by atoms with Crippen molar-refractivity contribution in [2.24, 2.45) is 5.92 Å². The monoisotopic (exact) mass is 293 g/mol. The Morgan fingerprint density at radius 3 is 2.57 bits per heavy atom. The molecule has 0 aromatic carbocycles. The standard InChI is InChI=1S/C15H23N3O3/c1-9(2)8-17-6-7-18(10(3)14(17)19)15(20)13-11(4)21-12(5)16-13/h9-10H,6-8H2,1-5H3. The Kier molecular flexibility index (Phi) is 4.34. The number of amides is 2. The summed E-state index contributed by atoms with van der Waals surface area (Å²) in [6.45, 7) is 11.2.